The Morgan fingerprint density at radius 3 is 1.87 bits per heavy atom. The molecule has 4 aliphatic heterocycles. The highest BCUT2D eigenvalue weighted by Gasteiger charge is 2.62. The molecule has 2 unspecified atom stereocenters. The molecule has 4 saturated heterocycles. The van der Waals surface area contributed by atoms with Gasteiger partial charge in [0.1, 0.15) is 5.82 Å². The lowest BCUT2D eigenvalue weighted by Crippen LogP contribution is -2.62. The smallest absolute Gasteiger partial charge is 0.380 e. The summed E-state index contributed by atoms with van der Waals surface area (Å²) in [6.07, 6.45) is -1.14. The summed E-state index contributed by atoms with van der Waals surface area (Å²) in [5.74, 6) is -0.00530. The first-order valence-corrected chi connectivity index (χ1v) is 10.8. The van der Waals surface area contributed by atoms with Gasteiger partial charge in [-0.05, 0) is 62.1 Å². The van der Waals surface area contributed by atoms with E-state index in [9.17, 15) is 27.5 Å². The molecule has 5 rings (SSSR count). The molecule has 4 heterocycles. The minimum Gasteiger partial charge on any atom is -0.380 e. The van der Waals surface area contributed by atoms with Gasteiger partial charge in [-0.25, -0.2) is 9.18 Å². The third kappa shape index (κ3) is 3.10. The van der Waals surface area contributed by atoms with Crippen LogP contribution in [0.25, 0.3) is 0 Å². The number of fused-ring (bicyclic) bond motifs is 4. The molecule has 0 saturated carbocycles. The molecule has 1 aromatic carbocycles. The number of carbonyl (C=O) groups is 1. The van der Waals surface area contributed by atoms with Crippen LogP contribution in [0.5, 0.6) is 0 Å². The van der Waals surface area contributed by atoms with Crippen molar-refractivity contribution >= 4 is 6.03 Å². The van der Waals surface area contributed by atoms with Crippen molar-refractivity contribution < 1.29 is 27.5 Å². The van der Waals surface area contributed by atoms with Gasteiger partial charge in [0.2, 0.25) is 0 Å². The van der Waals surface area contributed by atoms with Crippen LogP contribution < -0.4 is 0 Å². The average molecular weight is 426 g/mol. The lowest BCUT2D eigenvalue weighted by Gasteiger charge is -2.48. The van der Waals surface area contributed by atoms with Gasteiger partial charge < -0.3 is 14.9 Å². The van der Waals surface area contributed by atoms with Crippen LogP contribution in [-0.2, 0) is 0 Å². The van der Waals surface area contributed by atoms with Gasteiger partial charge in [-0.3, -0.25) is 0 Å². The van der Waals surface area contributed by atoms with Gasteiger partial charge in [0.15, 0.2) is 5.60 Å². The van der Waals surface area contributed by atoms with Crippen LogP contribution >= 0.6 is 0 Å². The molecule has 2 amide bonds. The predicted molar refractivity (Wildman–Crippen MR) is 101 cm³/mol. The van der Waals surface area contributed by atoms with Crippen molar-refractivity contribution in [1.82, 2.24) is 9.80 Å². The first-order valence-electron chi connectivity index (χ1n) is 10.8. The second-order valence-corrected chi connectivity index (χ2v) is 9.52. The maximum Gasteiger partial charge on any atom is 0.417 e. The average Bonchev–Trinajstić information content (AvgIpc) is 3.11. The van der Waals surface area contributed by atoms with Crippen LogP contribution in [-0.4, -0.2) is 56.9 Å². The number of halogens is 4. The minimum absolute atomic E-state index is 0.0640. The highest BCUT2D eigenvalue weighted by atomic mass is 19.4. The second-order valence-electron chi connectivity index (χ2n) is 9.52. The number of hydrogen-bond donors (Lipinski definition) is 1. The highest BCUT2D eigenvalue weighted by molar-refractivity contribution is 5.77. The largest absolute Gasteiger partial charge is 0.417 e. The summed E-state index contributed by atoms with van der Waals surface area (Å²) >= 11 is 0. The fourth-order valence-corrected chi connectivity index (χ4v) is 6.40. The lowest BCUT2D eigenvalue weighted by molar-refractivity contribution is -0.277. The lowest BCUT2D eigenvalue weighted by atomic mass is 9.84. The number of rotatable bonds is 1. The molecule has 0 spiro atoms. The Bertz CT molecular complexity index is 799. The van der Waals surface area contributed by atoms with E-state index in [2.05, 4.69) is 0 Å². The summed E-state index contributed by atoms with van der Waals surface area (Å²) in [5, 5.41) is 10.2. The molecule has 5 atom stereocenters. The SMILES string of the molecule is O=C(N1C2CCC1CC(O)(C(F)(F)F)C2)N1[C@@H]2CC[C@H]1C[C@@H](c1ccc(F)cc1)C2. The standard InChI is InChI=1S/C22H26F4N2O2/c23-15-3-1-13(2-4-15)14-9-16-5-6-17(10-14)27(16)20(29)28-18-7-8-19(28)12-21(30,11-18)22(24,25)26/h1-4,14,16-19,30H,5-12H2/t14-,16+,17-,18?,19?,21?. The van der Waals surface area contributed by atoms with Crippen molar-refractivity contribution in [2.75, 3.05) is 0 Å². The van der Waals surface area contributed by atoms with Crippen LogP contribution in [0.15, 0.2) is 24.3 Å². The molecule has 30 heavy (non-hydrogen) atoms. The summed E-state index contributed by atoms with van der Waals surface area (Å²) in [5.41, 5.74) is -1.61. The Labute approximate surface area is 172 Å². The van der Waals surface area contributed by atoms with E-state index >= 15 is 0 Å². The Hall–Kier alpha value is -1.83. The maximum absolute atomic E-state index is 13.5. The van der Waals surface area contributed by atoms with E-state index < -0.39 is 36.7 Å². The van der Waals surface area contributed by atoms with Crippen LogP contribution in [0.2, 0.25) is 0 Å². The number of hydrogen-bond acceptors (Lipinski definition) is 2. The number of urea groups is 1. The normalized spacial score (nSPS) is 38.2. The third-order valence-corrected chi connectivity index (χ3v) is 7.81. The summed E-state index contributed by atoms with van der Waals surface area (Å²) in [7, 11) is 0. The number of aliphatic hydroxyl groups is 1. The number of amides is 2. The zero-order chi connectivity index (χ0) is 21.3. The Kier molecular flexibility index (Phi) is 4.58. The van der Waals surface area contributed by atoms with Gasteiger partial charge in [0.05, 0.1) is 0 Å². The molecule has 0 radical (unpaired) electrons. The number of alkyl halides is 3. The van der Waals surface area contributed by atoms with Gasteiger partial charge in [0.25, 0.3) is 0 Å². The number of carbonyl (C=O) groups excluding carboxylic acids is 1. The fraction of sp³-hybridized carbons (Fsp3) is 0.682. The van der Waals surface area contributed by atoms with Gasteiger partial charge in [0, 0.05) is 37.0 Å². The van der Waals surface area contributed by atoms with Crippen molar-refractivity contribution in [1.29, 1.82) is 0 Å². The molecular weight excluding hydrogens is 400 g/mol. The number of benzene rings is 1. The molecule has 1 aromatic rings. The van der Waals surface area contributed by atoms with E-state index in [-0.39, 0.29) is 29.8 Å². The van der Waals surface area contributed by atoms with Crippen molar-refractivity contribution in [3.05, 3.63) is 35.6 Å². The van der Waals surface area contributed by atoms with Crippen molar-refractivity contribution in [2.45, 2.75) is 93.2 Å². The molecule has 0 aromatic heterocycles. The van der Waals surface area contributed by atoms with Gasteiger partial charge in [-0.2, -0.15) is 13.2 Å². The Morgan fingerprint density at radius 2 is 1.37 bits per heavy atom. The topological polar surface area (TPSA) is 43.8 Å². The summed E-state index contributed by atoms with van der Waals surface area (Å²) in [6, 6.07) is 5.39. The first kappa shape index (κ1) is 20.1. The summed E-state index contributed by atoms with van der Waals surface area (Å²) < 4.78 is 53.3. The Balaban J connectivity index is 1.32. The monoisotopic (exact) mass is 426 g/mol. The maximum atomic E-state index is 13.5. The minimum atomic E-state index is -4.67. The molecule has 4 nitrogen and oxygen atoms in total. The molecule has 4 bridgehead atoms. The van der Waals surface area contributed by atoms with Crippen LogP contribution in [0.1, 0.15) is 62.8 Å². The summed E-state index contributed by atoms with van der Waals surface area (Å²) in [4.78, 5) is 17.0. The second kappa shape index (κ2) is 6.84. The summed E-state index contributed by atoms with van der Waals surface area (Å²) in [6.45, 7) is 0. The zero-order valence-corrected chi connectivity index (χ0v) is 16.6. The zero-order valence-electron chi connectivity index (χ0n) is 16.6. The van der Waals surface area contributed by atoms with E-state index in [0.29, 0.717) is 12.8 Å². The fourth-order valence-electron chi connectivity index (χ4n) is 6.40. The van der Waals surface area contributed by atoms with E-state index in [4.69, 9.17) is 0 Å². The van der Waals surface area contributed by atoms with E-state index in [0.717, 1.165) is 31.2 Å². The van der Waals surface area contributed by atoms with Crippen molar-refractivity contribution in [2.24, 2.45) is 0 Å². The quantitative estimate of drug-likeness (QED) is 0.669. The molecule has 4 fully saturated rings. The predicted octanol–water partition coefficient (Wildman–Crippen LogP) is 4.58. The Morgan fingerprint density at radius 1 is 0.900 bits per heavy atom. The van der Waals surface area contributed by atoms with Gasteiger partial charge in [-0.1, -0.05) is 12.1 Å². The van der Waals surface area contributed by atoms with Crippen LogP contribution in [0.4, 0.5) is 22.4 Å². The first-order chi connectivity index (χ1) is 14.2. The molecule has 1 N–H and O–H groups in total. The third-order valence-electron chi connectivity index (χ3n) is 7.81. The molecular formula is C22H26F4N2O2. The highest BCUT2D eigenvalue weighted by Crippen LogP contribution is 2.50. The number of nitrogens with zero attached hydrogens (tertiary/aromatic N) is 2. The molecule has 164 valence electrons. The van der Waals surface area contributed by atoms with E-state index in [1.54, 1.807) is 17.0 Å². The molecule has 8 heteroatoms. The molecule has 4 aliphatic rings. The number of piperidine rings is 2. The van der Waals surface area contributed by atoms with Gasteiger partial charge >= 0.3 is 12.2 Å². The van der Waals surface area contributed by atoms with Gasteiger partial charge in [-0.15, -0.1) is 0 Å². The van der Waals surface area contributed by atoms with E-state index in [1.807, 2.05) is 4.90 Å². The van der Waals surface area contributed by atoms with Crippen LogP contribution in [0, 0.1) is 5.82 Å². The van der Waals surface area contributed by atoms with Crippen molar-refractivity contribution in [3.8, 4) is 0 Å². The molecule has 0 aliphatic carbocycles. The van der Waals surface area contributed by atoms with Crippen molar-refractivity contribution in [3.63, 3.8) is 0 Å². The van der Waals surface area contributed by atoms with E-state index in [1.165, 1.54) is 12.1 Å². The van der Waals surface area contributed by atoms with Crippen LogP contribution in [0.3, 0.4) is 0 Å².